The number of nitrogens with one attached hydrogen (secondary N) is 1. The Kier molecular flexibility index (Phi) is 7.06. The number of hydrogen-bond donors (Lipinski definition) is 1. The Morgan fingerprint density at radius 3 is 2.57 bits per heavy atom. The molecule has 0 aliphatic carbocycles. The number of methoxy groups -OCH3 is 1. The SMILES string of the molecule is CCC(=O)N1CC[C@H](NCc2ccc(COC)cc2)[C@H](CC)C1. The first-order valence-corrected chi connectivity index (χ1v) is 8.75. The van der Waals surface area contributed by atoms with Crippen LogP contribution in [0.1, 0.15) is 44.2 Å². The van der Waals surface area contributed by atoms with Crippen molar-refractivity contribution >= 4 is 5.91 Å². The van der Waals surface area contributed by atoms with Crippen molar-refractivity contribution in [2.75, 3.05) is 20.2 Å². The molecule has 4 heteroatoms. The van der Waals surface area contributed by atoms with Crippen LogP contribution in [0, 0.1) is 5.92 Å². The summed E-state index contributed by atoms with van der Waals surface area (Å²) in [6, 6.07) is 9.08. The topological polar surface area (TPSA) is 41.6 Å². The zero-order chi connectivity index (χ0) is 16.7. The average Bonchev–Trinajstić information content (AvgIpc) is 2.60. The smallest absolute Gasteiger partial charge is 0.222 e. The van der Waals surface area contributed by atoms with Crippen LogP contribution in [0.2, 0.25) is 0 Å². The van der Waals surface area contributed by atoms with E-state index >= 15 is 0 Å². The molecule has 0 aromatic heterocycles. The Bertz CT molecular complexity index is 487. The molecule has 0 spiro atoms. The maximum absolute atomic E-state index is 11.9. The van der Waals surface area contributed by atoms with Gasteiger partial charge in [0.2, 0.25) is 5.91 Å². The third kappa shape index (κ3) is 5.05. The molecular weight excluding hydrogens is 288 g/mol. The van der Waals surface area contributed by atoms with Gasteiger partial charge in [-0.2, -0.15) is 0 Å². The minimum atomic E-state index is 0.288. The number of carbonyl (C=O) groups is 1. The first-order chi connectivity index (χ1) is 11.2. The number of carbonyl (C=O) groups excluding carboxylic acids is 1. The molecule has 1 aromatic carbocycles. The zero-order valence-corrected chi connectivity index (χ0v) is 14.7. The maximum atomic E-state index is 11.9. The lowest BCUT2D eigenvalue weighted by molar-refractivity contribution is -0.133. The third-order valence-electron chi connectivity index (χ3n) is 4.82. The summed E-state index contributed by atoms with van der Waals surface area (Å²) < 4.78 is 5.14. The molecule has 1 saturated heterocycles. The second-order valence-electron chi connectivity index (χ2n) is 6.39. The molecule has 1 aliphatic heterocycles. The van der Waals surface area contributed by atoms with Crippen LogP contribution >= 0.6 is 0 Å². The number of rotatable bonds is 7. The Morgan fingerprint density at radius 1 is 1.26 bits per heavy atom. The summed E-state index contributed by atoms with van der Waals surface area (Å²) in [6.45, 7) is 7.49. The molecule has 1 aromatic rings. The van der Waals surface area contributed by atoms with E-state index in [0.29, 0.717) is 25.0 Å². The Labute approximate surface area is 140 Å². The van der Waals surface area contributed by atoms with E-state index in [1.54, 1.807) is 7.11 Å². The van der Waals surface area contributed by atoms with E-state index in [-0.39, 0.29) is 5.91 Å². The Morgan fingerprint density at radius 2 is 1.96 bits per heavy atom. The number of likely N-dealkylation sites (tertiary alicyclic amines) is 1. The van der Waals surface area contributed by atoms with Gasteiger partial charge >= 0.3 is 0 Å². The molecule has 1 aliphatic rings. The second kappa shape index (κ2) is 9.04. The highest BCUT2D eigenvalue weighted by Gasteiger charge is 2.29. The van der Waals surface area contributed by atoms with E-state index in [4.69, 9.17) is 4.74 Å². The highest BCUT2D eigenvalue weighted by molar-refractivity contribution is 5.75. The van der Waals surface area contributed by atoms with Crippen molar-refractivity contribution in [2.24, 2.45) is 5.92 Å². The fraction of sp³-hybridized carbons (Fsp3) is 0.632. The van der Waals surface area contributed by atoms with E-state index in [2.05, 4.69) is 36.5 Å². The van der Waals surface area contributed by atoms with Gasteiger partial charge in [0.05, 0.1) is 6.61 Å². The van der Waals surface area contributed by atoms with Gasteiger partial charge in [-0.05, 0) is 23.5 Å². The van der Waals surface area contributed by atoms with Crippen molar-refractivity contribution in [3.8, 4) is 0 Å². The molecule has 0 unspecified atom stereocenters. The second-order valence-corrected chi connectivity index (χ2v) is 6.39. The molecule has 1 N–H and O–H groups in total. The van der Waals surface area contributed by atoms with Gasteiger partial charge in [0.25, 0.3) is 0 Å². The largest absolute Gasteiger partial charge is 0.380 e. The van der Waals surface area contributed by atoms with Gasteiger partial charge in [0.15, 0.2) is 0 Å². The lowest BCUT2D eigenvalue weighted by Gasteiger charge is -2.38. The molecule has 1 amide bonds. The van der Waals surface area contributed by atoms with Gasteiger partial charge in [0.1, 0.15) is 0 Å². The Hall–Kier alpha value is -1.39. The van der Waals surface area contributed by atoms with E-state index in [9.17, 15) is 4.79 Å². The van der Waals surface area contributed by atoms with Crippen LogP contribution in [0.25, 0.3) is 0 Å². The molecular formula is C19H30N2O2. The predicted molar refractivity (Wildman–Crippen MR) is 93.1 cm³/mol. The average molecular weight is 318 g/mol. The van der Waals surface area contributed by atoms with Crippen LogP contribution in [-0.2, 0) is 22.7 Å². The zero-order valence-electron chi connectivity index (χ0n) is 14.7. The molecule has 1 heterocycles. The summed E-state index contributed by atoms with van der Waals surface area (Å²) >= 11 is 0. The van der Waals surface area contributed by atoms with Gasteiger partial charge in [-0.25, -0.2) is 0 Å². The molecule has 0 saturated carbocycles. The van der Waals surface area contributed by atoms with Gasteiger partial charge in [0, 0.05) is 39.2 Å². The summed E-state index contributed by atoms with van der Waals surface area (Å²) in [7, 11) is 1.72. The number of benzene rings is 1. The monoisotopic (exact) mass is 318 g/mol. The highest BCUT2D eigenvalue weighted by Crippen LogP contribution is 2.21. The van der Waals surface area contributed by atoms with Crippen molar-refractivity contribution in [1.29, 1.82) is 0 Å². The van der Waals surface area contributed by atoms with E-state index in [0.717, 1.165) is 32.5 Å². The summed E-state index contributed by atoms with van der Waals surface area (Å²) in [5.74, 6) is 0.836. The van der Waals surface area contributed by atoms with E-state index < -0.39 is 0 Å². The van der Waals surface area contributed by atoms with Crippen LogP contribution in [0.4, 0.5) is 0 Å². The van der Waals surface area contributed by atoms with Gasteiger partial charge in [-0.1, -0.05) is 44.5 Å². The number of amides is 1. The predicted octanol–water partition coefficient (Wildman–Crippen LogP) is 2.96. The fourth-order valence-corrected chi connectivity index (χ4v) is 3.33. The molecule has 0 bridgehead atoms. The molecule has 4 nitrogen and oxygen atoms in total. The summed E-state index contributed by atoms with van der Waals surface area (Å²) in [4.78, 5) is 13.9. The fourth-order valence-electron chi connectivity index (χ4n) is 3.33. The lowest BCUT2D eigenvalue weighted by atomic mass is 9.89. The molecule has 1 fully saturated rings. The van der Waals surface area contributed by atoms with Crippen molar-refractivity contribution in [3.63, 3.8) is 0 Å². The van der Waals surface area contributed by atoms with Crippen molar-refractivity contribution in [1.82, 2.24) is 10.2 Å². The van der Waals surface area contributed by atoms with Crippen molar-refractivity contribution in [3.05, 3.63) is 35.4 Å². The molecule has 128 valence electrons. The first-order valence-electron chi connectivity index (χ1n) is 8.75. The van der Waals surface area contributed by atoms with Crippen LogP contribution in [0.5, 0.6) is 0 Å². The number of ether oxygens (including phenoxy) is 1. The van der Waals surface area contributed by atoms with E-state index in [1.165, 1.54) is 11.1 Å². The van der Waals surface area contributed by atoms with Crippen molar-refractivity contribution in [2.45, 2.75) is 52.3 Å². The minimum Gasteiger partial charge on any atom is -0.380 e. The highest BCUT2D eigenvalue weighted by atomic mass is 16.5. The summed E-state index contributed by atoms with van der Waals surface area (Å²) in [5, 5.41) is 3.70. The van der Waals surface area contributed by atoms with Gasteiger partial charge in [-0.15, -0.1) is 0 Å². The third-order valence-corrected chi connectivity index (χ3v) is 4.82. The maximum Gasteiger partial charge on any atom is 0.222 e. The normalized spacial score (nSPS) is 21.4. The van der Waals surface area contributed by atoms with Crippen LogP contribution in [0.15, 0.2) is 24.3 Å². The standard InChI is InChI=1S/C19H30N2O2/c1-4-17-13-21(19(22)5-2)11-10-18(17)20-12-15-6-8-16(9-7-15)14-23-3/h6-9,17-18,20H,4-5,10-14H2,1-3H3/t17-,18+/m1/s1. The van der Waals surface area contributed by atoms with Gasteiger partial charge in [-0.3, -0.25) is 4.79 Å². The quantitative estimate of drug-likeness (QED) is 0.840. The minimum absolute atomic E-state index is 0.288. The molecule has 2 rings (SSSR count). The number of nitrogens with zero attached hydrogens (tertiary/aromatic N) is 1. The van der Waals surface area contributed by atoms with Crippen LogP contribution in [-0.4, -0.2) is 37.0 Å². The number of piperidine rings is 1. The number of hydrogen-bond acceptors (Lipinski definition) is 3. The van der Waals surface area contributed by atoms with Crippen LogP contribution in [0.3, 0.4) is 0 Å². The van der Waals surface area contributed by atoms with Gasteiger partial charge < -0.3 is 15.0 Å². The summed E-state index contributed by atoms with van der Waals surface area (Å²) in [5.41, 5.74) is 2.50. The van der Waals surface area contributed by atoms with E-state index in [1.807, 2.05) is 11.8 Å². The molecule has 2 atom stereocenters. The van der Waals surface area contributed by atoms with Crippen molar-refractivity contribution < 1.29 is 9.53 Å². The Balaban J connectivity index is 1.86. The molecule has 23 heavy (non-hydrogen) atoms. The summed E-state index contributed by atoms with van der Waals surface area (Å²) in [6.07, 6.45) is 2.77. The van der Waals surface area contributed by atoms with Crippen LogP contribution < -0.4 is 5.32 Å². The lowest BCUT2D eigenvalue weighted by Crippen LogP contribution is -2.50. The molecule has 0 radical (unpaired) electrons. The first kappa shape index (κ1) is 18.0.